The summed E-state index contributed by atoms with van der Waals surface area (Å²) in [6.45, 7) is 3.62. The van der Waals surface area contributed by atoms with Crippen LogP contribution in [-0.2, 0) is 18.2 Å². The molecule has 0 bridgehead atoms. The SMILES string of the molecule is CC/C(=N\OC/C=C/Cl)C1=C(O)CC(C2CCOCC2)CC1=O.O=C(O)c1nc(C(Cl)(Cl)Cl)n(-c2ccc(Cl)cc2Cl)n1. The van der Waals surface area contributed by atoms with Crippen LogP contribution in [0.1, 0.15) is 55.5 Å². The number of aromatic nitrogens is 3. The van der Waals surface area contributed by atoms with Gasteiger partial charge in [-0.15, -0.1) is 5.10 Å². The number of oxime groups is 1. The first-order chi connectivity index (χ1) is 20.4. The molecule has 1 aromatic heterocycles. The van der Waals surface area contributed by atoms with Crippen LogP contribution in [0, 0.1) is 11.8 Å². The Morgan fingerprint density at radius 1 is 1.21 bits per heavy atom. The third-order valence-electron chi connectivity index (χ3n) is 6.65. The second-order valence-corrected chi connectivity index (χ2v) is 12.9. The summed E-state index contributed by atoms with van der Waals surface area (Å²) in [4.78, 5) is 32.3. The summed E-state index contributed by atoms with van der Waals surface area (Å²) in [6.07, 6.45) is 5.05. The summed E-state index contributed by atoms with van der Waals surface area (Å²) in [5, 5.41) is 27.7. The van der Waals surface area contributed by atoms with Crippen molar-refractivity contribution in [2.45, 2.75) is 42.8 Å². The molecule has 1 unspecified atom stereocenters. The Kier molecular flexibility index (Phi) is 13.4. The number of allylic oxidation sites excluding steroid dienone is 2. The molecule has 1 aromatic carbocycles. The minimum Gasteiger partial charge on any atom is -0.511 e. The molecule has 1 aliphatic carbocycles. The third kappa shape index (κ3) is 9.72. The van der Waals surface area contributed by atoms with Gasteiger partial charge in [-0.25, -0.2) is 14.5 Å². The number of carboxylic acid groups (broad SMARTS) is 1. The van der Waals surface area contributed by atoms with E-state index in [4.69, 9.17) is 84.3 Å². The number of rotatable bonds is 8. The fourth-order valence-electron chi connectivity index (χ4n) is 4.66. The van der Waals surface area contributed by atoms with Crippen LogP contribution in [-0.4, -0.2) is 62.3 Å². The van der Waals surface area contributed by atoms with E-state index in [-0.39, 0.29) is 40.6 Å². The highest BCUT2D eigenvalue weighted by atomic mass is 35.6. The molecule has 10 nitrogen and oxygen atoms in total. The predicted octanol–water partition coefficient (Wildman–Crippen LogP) is 7.84. The Labute approximate surface area is 278 Å². The van der Waals surface area contributed by atoms with Gasteiger partial charge < -0.3 is 19.8 Å². The van der Waals surface area contributed by atoms with Crippen molar-refractivity contribution >= 4 is 87.1 Å². The van der Waals surface area contributed by atoms with Crippen LogP contribution in [0.5, 0.6) is 0 Å². The first-order valence-corrected chi connectivity index (χ1v) is 15.4. The first kappa shape index (κ1) is 35.4. The van der Waals surface area contributed by atoms with Gasteiger partial charge in [0, 0.05) is 36.6 Å². The molecule has 1 saturated heterocycles. The number of carbonyl (C=O) groups excluding carboxylic acids is 1. The van der Waals surface area contributed by atoms with Crippen LogP contribution in [0.3, 0.4) is 0 Å². The van der Waals surface area contributed by atoms with Gasteiger partial charge in [-0.2, -0.15) is 0 Å². The number of aliphatic hydroxyl groups excluding tert-OH is 1. The largest absolute Gasteiger partial charge is 0.511 e. The molecule has 2 N–H and O–H groups in total. The molecule has 0 saturated carbocycles. The lowest BCUT2D eigenvalue weighted by atomic mass is 9.75. The van der Waals surface area contributed by atoms with Crippen LogP contribution < -0.4 is 0 Å². The van der Waals surface area contributed by atoms with Crippen LogP contribution in [0.2, 0.25) is 10.0 Å². The zero-order valence-corrected chi connectivity index (χ0v) is 27.3. The summed E-state index contributed by atoms with van der Waals surface area (Å²) in [5.74, 6) is -1.31. The van der Waals surface area contributed by atoms with Gasteiger partial charge in [0.15, 0.2) is 11.6 Å². The van der Waals surface area contributed by atoms with Crippen molar-refractivity contribution in [3.05, 3.63) is 62.8 Å². The smallest absolute Gasteiger partial charge is 0.375 e. The fraction of sp³-hybridized carbons (Fsp3) is 0.444. The molecule has 4 rings (SSSR count). The zero-order chi connectivity index (χ0) is 31.7. The van der Waals surface area contributed by atoms with Crippen molar-refractivity contribution in [1.82, 2.24) is 14.8 Å². The Morgan fingerprint density at radius 3 is 2.47 bits per heavy atom. The number of hydrogen-bond donors (Lipinski definition) is 2. The van der Waals surface area contributed by atoms with E-state index in [1.807, 2.05) is 6.92 Å². The van der Waals surface area contributed by atoms with Gasteiger partial charge in [-0.3, -0.25) is 4.79 Å². The van der Waals surface area contributed by atoms with Gasteiger partial charge in [0.2, 0.25) is 3.79 Å². The van der Waals surface area contributed by atoms with Crippen molar-refractivity contribution in [2.75, 3.05) is 19.8 Å². The monoisotopic (exact) mass is 714 g/mol. The highest BCUT2D eigenvalue weighted by Gasteiger charge is 2.35. The van der Waals surface area contributed by atoms with Crippen LogP contribution >= 0.6 is 69.6 Å². The molecule has 2 aromatic rings. The quantitative estimate of drug-likeness (QED) is 0.122. The molecular weight excluding hydrogens is 689 g/mol. The van der Waals surface area contributed by atoms with Gasteiger partial charge >= 0.3 is 5.97 Å². The van der Waals surface area contributed by atoms with Gasteiger partial charge in [-0.1, -0.05) is 81.7 Å². The Hall–Kier alpha value is -2.05. The topological polar surface area (TPSA) is 136 Å². The van der Waals surface area contributed by atoms with Crippen LogP contribution in [0.25, 0.3) is 5.69 Å². The number of nitrogens with zero attached hydrogens (tertiary/aromatic N) is 4. The summed E-state index contributed by atoms with van der Waals surface area (Å²) in [5.41, 5.74) is 2.48. The number of carbonyl (C=O) groups is 2. The molecule has 2 aliphatic rings. The maximum Gasteiger partial charge on any atom is 0.375 e. The average molecular weight is 717 g/mol. The summed E-state index contributed by atoms with van der Waals surface area (Å²) < 4.78 is 4.46. The summed E-state index contributed by atoms with van der Waals surface area (Å²) >= 11 is 34.5. The van der Waals surface area contributed by atoms with Gasteiger partial charge in [0.25, 0.3) is 5.82 Å². The molecule has 43 heavy (non-hydrogen) atoms. The summed E-state index contributed by atoms with van der Waals surface area (Å²) in [7, 11) is 0. The first-order valence-electron chi connectivity index (χ1n) is 13.1. The predicted molar refractivity (Wildman–Crippen MR) is 167 cm³/mol. The maximum atomic E-state index is 12.5. The number of aliphatic hydroxyl groups is 1. The molecular formula is C27H28Cl6N4O6. The van der Waals surface area contributed by atoms with E-state index >= 15 is 0 Å². The summed E-state index contributed by atoms with van der Waals surface area (Å²) in [6, 6.07) is 4.49. The molecule has 0 radical (unpaired) electrons. The third-order valence-corrected chi connectivity index (χ3v) is 7.87. The lowest BCUT2D eigenvalue weighted by molar-refractivity contribution is -0.117. The zero-order valence-electron chi connectivity index (χ0n) is 22.8. The maximum absolute atomic E-state index is 12.5. The van der Waals surface area contributed by atoms with E-state index in [2.05, 4.69) is 15.2 Å². The van der Waals surface area contributed by atoms with Gasteiger partial charge in [0.05, 0.1) is 22.0 Å². The molecule has 0 amide bonds. The van der Waals surface area contributed by atoms with E-state index in [0.717, 1.165) is 30.7 Å². The number of Topliss-reactive ketones (excluding diaryl/α,β-unsaturated/α-hetero) is 1. The number of ketones is 1. The molecule has 16 heteroatoms. The number of benzene rings is 1. The number of ether oxygens (including phenoxy) is 1. The lowest BCUT2D eigenvalue weighted by Crippen LogP contribution is -2.31. The number of alkyl halides is 3. The number of halogens is 6. The van der Waals surface area contributed by atoms with Gasteiger partial charge in [0.1, 0.15) is 12.4 Å². The lowest BCUT2D eigenvalue weighted by Gasteiger charge is -2.32. The molecule has 234 valence electrons. The van der Waals surface area contributed by atoms with E-state index in [0.29, 0.717) is 41.5 Å². The second-order valence-electron chi connectivity index (χ2n) is 9.48. The number of carboxylic acids is 1. The normalized spacial score (nSPS) is 18.5. The standard InChI is InChI=1S/C17H24ClNO4.C10H4Cl5N3O2/c1-2-14(19-23-7-3-6-18)17-15(20)10-13(11-16(17)21)12-4-8-22-9-5-12;11-4-1-2-6(5(12)3-4)18-9(10(13,14)15)16-7(17-18)8(19)20/h3,6,12-13,20H,2,4-5,7-11H2,1H3;1-3H,(H,19,20)/b6-3+,19-14+;. The fourth-order valence-corrected chi connectivity index (χ4v) is 5.59. The van der Waals surface area contributed by atoms with Crippen molar-refractivity contribution in [3.8, 4) is 5.69 Å². The Balaban J connectivity index is 0.000000238. The van der Waals surface area contributed by atoms with E-state index in [1.165, 1.54) is 23.7 Å². The Morgan fingerprint density at radius 2 is 1.91 bits per heavy atom. The van der Waals surface area contributed by atoms with Crippen LogP contribution in [0.15, 0.2) is 46.3 Å². The van der Waals surface area contributed by atoms with Crippen LogP contribution in [0.4, 0.5) is 0 Å². The number of aromatic carboxylic acids is 1. The van der Waals surface area contributed by atoms with Crippen molar-refractivity contribution < 1.29 is 29.4 Å². The van der Waals surface area contributed by atoms with Crippen molar-refractivity contribution in [2.24, 2.45) is 17.0 Å². The Bertz CT molecular complexity index is 1400. The van der Waals surface area contributed by atoms with E-state index < -0.39 is 15.6 Å². The van der Waals surface area contributed by atoms with E-state index in [9.17, 15) is 14.7 Å². The minimum atomic E-state index is -1.97. The second kappa shape index (κ2) is 16.3. The highest BCUT2D eigenvalue weighted by molar-refractivity contribution is 6.66. The molecule has 0 spiro atoms. The average Bonchev–Trinajstić information content (AvgIpc) is 3.41. The van der Waals surface area contributed by atoms with Gasteiger partial charge in [-0.05, 0) is 55.4 Å². The molecule has 1 atom stereocenters. The molecule has 1 fully saturated rings. The van der Waals surface area contributed by atoms with Crippen molar-refractivity contribution in [1.29, 1.82) is 0 Å². The minimum absolute atomic E-state index is 0.0395. The number of hydrogen-bond acceptors (Lipinski definition) is 8. The highest BCUT2D eigenvalue weighted by Crippen LogP contribution is 2.39. The molecule has 2 heterocycles. The molecule has 1 aliphatic heterocycles. The van der Waals surface area contributed by atoms with E-state index in [1.54, 1.807) is 6.08 Å². The van der Waals surface area contributed by atoms with Crippen molar-refractivity contribution in [3.63, 3.8) is 0 Å².